The van der Waals surface area contributed by atoms with E-state index in [1.54, 1.807) is 0 Å². The van der Waals surface area contributed by atoms with E-state index in [9.17, 15) is 0 Å². The molecule has 4 heteroatoms. The maximum atomic E-state index is 8.51. The molecule has 0 aliphatic rings. The van der Waals surface area contributed by atoms with Crippen LogP contribution in [0.2, 0.25) is 0 Å². The lowest BCUT2D eigenvalue weighted by molar-refractivity contribution is 1.01. The van der Waals surface area contributed by atoms with Crippen LogP contribution in [-0.2, 0) is 6.42 Å². The van der Waals surface area contributed by atoms with Crippen LogP contribution in [0.3, 0.4) is 0 Å². The molecular formula is C10H7ClN2S. The maximum absolute atomic E-state index is 8.51. The molecule has 1 aromatic carbocycles. The molecule has 1 aromatic rings. The summed E-state index contributed by atoms with van der Waals surface area (Å²) in [5, 5.41) is 18.4. The first-order chi connectivity index (χ1) is 6.76. The monoisotopic (exact) mass is 222 g/mol. The Bertz CT molecular complexity index is 375. The number of rotatable bonds is 3. The molecule has 0 saturated carbocycles. The molecule has 0 spiro atoms. The molecule has 2 nitrogen and oxygen atoms in total. The fourth-order valence-electron chi connectivity index (χ4n) is 0.999. The van der Waals surface area contributed by atoms with Gasteiger partial charge in [-0.25, -0.2) is 0 Å². The fraction of sp³-hybridized carbons (Fsp3) is 0.200. The number of thioether (sulfide) groups is 1. The number of halogens is 1. The van der Waals surface area contributed by atoms with Crippen LogP contribution in [0.15, 0.2) is 29.2 Å². The van der Waals surface area contributed by atoms with Gasteiger partial charge in [-0.15, -0.1) is 11.6 Å². The van der Waals surface area contributed by atoms with Gasteiger partial charge in [-0.1, -0.05) is 12.1 Å². The van der Waals surface area contributed by atoms with Gasteiger partial charge in [-0.2, -0.15) is 10.5 Å². The van der Waals surface area contributed by atoms with E-state index in [4.69, 9.17) is 22.1 Å². The van der Waals surface area contributed by atoms with Crippen molar-refractivity contribution in [1.82, 2.24) is 0 Å². The molecule has 70 valence electrons. The standard InChI is InChI=1S/C10H7ClN2S/c11-9(6-12)5-8-1-3-10(4-2-8)14-7-13/h1-4,9H,5H2. The normalized spacial score (nSPS) is 11.4. The van der Waals surface area contributed by atoms with E-state index >= 15 is 0 Å². The Kier molecular flexibility index (Phi) is 4.32. The first kappa shape index (κ1) is 10.9. The summed E-state index contributed by atoms with van der Waals surface area (Å²) in [6.07, 6.45) is 0.537. The lowest BCUT2D eigenvalue weighted by Gasteiger charge is -2.01. The number of benzene rings is 1. The van der Waals surface area contributed by atoms with Crippen molar-refractivity contribution in [1.29, 1.82) is 10.5 Å². The zero-order valence-corrected chi connectivity index (χ0v) is 8.85. The van der Waals surface area contributed by atoms with Gasteiger partial charge in [0.2, 0.25) is 0 Å². The zero-order chi connectivity index (χ0) is 10.4. The van der Waals surface area contributed by atoms with E-state index in [0.717, 1.165) is 22.2 Å². The van der Waals surface area contributed by atoms with E-state index in [1.807, 2.05) is 35.7 Å². The van der Waals surface area contributed by atoms with E-state index in [2.05, 4.69) is 0 Å². The Morgan fingerprint density at radius 3 is 2.43 bits per heavy atom. The fourth-order valence-corrected chi connectivity index (χ4v) is 1.55. The molecule has 0 heterocycles. The van der Waals surface area contributed by atoms with Crippen molar-refractivity contribution in [2.24, 2.45) is 0 Å². The van der Waals surface area contributed by atoms with Gasteiger partial charge in [-0.05, 0) is 29.5 Å². The Hall–Kier alpha value is -1.16. The molecule has 0 amide bonds. The molecule has 0 saturated heterocycles. The second-order valence-electron chi connectivity index (χ2n) is 2.64. The van der Waals surface area contributed by atoms with Gasteiger partial charge in [0.25, 0.3) is 0 Å². The lowest BCUT2D eigenvalue weighted by atomic mass is 10.1. The topological polar surface area (TPSA) is 47.6 Å². The summed E-state index contributed by atoms with van der Waals surface area (Å²) in [7, 11) is 0. The lowest BCUT2D eigenvalue weighted by Crippen LogP contribution is -1.98. The van der Waals surface area contributed by atoms with E-state index < -0.39 is 5.38 Å². The second kappa shape index (κ2) is 5.54. The van der Waals surface area contributed by atoms with Crippen molar-refractivity contribution in [3.63, 3.8) is 0 Å². The van der Waals surface area contributed by atoms with Crippen LogP contribution in [0, 0.1) is 22.0 Å². The minimum Gasteiger partial charge on any atom is -0.197 e. The van der Waals surface area contributed by atoms with Crippen molar-refractivity contribution in [2.75, 3.05) is 0 Å². The molecule has 0 aromatic heterocycles. The molecule has 1 atom stereocenters. The van der Waals surface area contributed by atoms with Crippen LogP contribution >= 0.6 is 23.4 Å². The smallest absolute Gasteiger partial charge is 0.138 e. The molecule has 0 N–H and O–H groups in total. The molecular weight excluding hydrogens is 216 g/mol. The summed E-state index contributed by atoms with van der Waals surface area (Å²) in [5.74, 6) is 0. The van der Waals surface area contributed by atoms with Gasteiger partial charge in [0, 0.05) is 11.3 Å². The molecule has 1 unspecified atom stereocenters. The summed E-state index contributed by atoms with van der Waals surface area (Å²) in [6, 6.07) is 9.43. The SMILES string of the molecule is N#CSc1ccc(CC(Cl)C#N)cc1. The molecule has 0 aliphatic heterocycles. The average molecular weight is 223 g/mol. The third-order valence-corrected chi connectivity index (χ3v) is 2.49. The van der Waals surface area contributed by atoms with Crippen LogP contribution in [0.4, 0.5) is 0 Å². The predicted octanol–water partition coefficient (Wildman–Crippen LogP) is 2.93. The maximum Gasteiger partial charge on any atom is 0.138 e. The molecule has 14 heavy (non-hydrogen) atoms. The molecule has 0 bridgehead atoms. The average Bonchev–Trinajstić information content (AvgIpc) is 2.21. The minimum atomic E-state index is -0.482. The van der Waals surface area contributed by atoms with Crippen molar-refractivity contribution >= 4 is 23.4 Å². The highest BCUT2D eigenvalue weighted by atomic mass is 35.5. The Labute approximate surface area is 92.1 Å². The van der Waals surface area contributed by atoms with Crippen molar-refractivity contribution < 1.29 is 0 Å². The van der Waals surface area contributed by atoms with E-state index in [-0.39, 0.29) is 0 Å². The number of thiocyanates is 1. The quantitative estimate of drug-likeness (QED) is 0.449. The summed E-state index contributed by atoms with van der Waals surface area (Å²) in [4.78, 5) is 0.902. The van der Waals surface area contributed by atoms with E-state index in [1.165, 1.54) is 0 Å². The Morgan fingerprint density at radius 1 is 1.29 bits per heavy atom. The highest BCUT2D eigenvalue weighted by molar-refractivity contribution is 8.03. The van der Waals surface area contributed by atoms with Gasteiger partial charge in [0.05, 0.1) is 6.07 Å². The Morgan fingerprint density at radius 2 is 1.93 bits per heavy atom. The minimum absolute atomic E-state index is 0.482. The van der Waals surface area contributed by atoms with Gasteiger partial charge < -0.3 is 0 Å². The number of nitriles is 2. The third kappa shape index (κ3) is 3.30. The summed E-state index contributed by atoms with van der Waals surface area (Å²) in [5.41, 5.74) is 1.01. The molecule has 0 fully saturated rings. The summed E-state index contributed by atoms with van der Waals surface area (Å²) >= 11 is 6.80. The van der Waals surface area contributed by atoms with Crippen LogP contribution in [0.1, 0.15) is 5.56 Å². The highest BCUT2D eigenvalue weighted by Crippen LogP contribution is 2.17. The molecule has 0 radical (unpaired) electrons. The molecule has 0 aliphatic carbocycles. The van der Waals surface area contributed by atoms with Crippen LogP contribution in [-0.4, -0.2) is 5.38 Å². The largest absolute Gasteiger partial charge is 0.197 e. The number of hydrogen-bond acceptors (Lipinski definition) is 3. The van der Waals surface area contributed by atoms with Gasteiger partial charge in [0.1, 0.15) is 10.8 Å². The molecule has 1 rings (SSSR count). The highest BCUT2D eigenvalue weighted by Gasteiger charge is 2.03. The second-order valence-corrected chi connectivity index (χ2v) is 4.02. The summed E-state index contributed by atoms with van der Waals surface area (Å²) in [6.45, 7) is 0. The Balaban J connectivity index is 2.66. The van der Waals surface area contributed by atoms with E-state index in [0.29, 0.717) is 6.42 Å². The van der Waals surface area contributed by atoms with Gasteiger partial charge in [0.15, 0.2) is 0 Å². The van der Waals surface area contributed by atoms with Crippen molar-refractivity contribution in [2.45, 2.75) is 16.7 Å². The van der Waals surface area contributed by atoms with Crippen LogP contribution in [0.25, 0.3) is 0 Å². The van der Waals surface area contributed by atoms with Crippen molar-refractivity contribution in [3.05, 3.63) is 29.8 Å². The number of nitrogens with zero attached hydrogens (tertiary/aromatic N) is 2. The predicted molar refractivity (Wildman–Crippen MR) is 56.9 cm³/mol. The number of alkyl halides is 1. The van der Waals surface area contributed by atoms with Crippen LogP contribution < -0.4 is 0 Å². The first-order valence-electron chi connectivity index (χ1n) is 3.95. The number of hydrogen-bond donors (Lipinski definition) is 0. The van der Waals surface area contributed by atoms with Gasteiger partial charge in [-0.3, -0.25) is 0 Å². The first-order valence-corrected chi connectivity index (χ1v) is 5.20. The van der Waals surface area contributed by atoms with Gasteiger partial charge >= 0.3 is 0 Å². The zero-order valence-electron chi connectivity index (χ0n) is 7.27. The van der Waals surface area contributed by atoms with Crippen LogP contribution in [0.5, 0.6) is 0 Å². The summed E-state index contributed by atoms with van der Waals surface area (Å²) < 4.78 is 0. The van der Waals surface area contributed by atoms with Crippen molar-refractivity contribution in [3.8, 4) is 11.5 Å². The third-order valence-electron chi connectivity index (χ3n) is 1.64.